The van der Waals surface area contributed by atoms with Crippen LogP contribution in [0.25, 0.3) is 0 Å². The standard InChI is InChI=1S/C30H50N2O4/c1-20(2)9-8-10-21(3)11-13-32(29(34)36-22(4)35-28(33)30(5,6)7)14-12-31-27-25-16-23-15-24(18-25)19-26(27)17-23/h9,11,22-27,31H,8,10,12-19H2,1-7H3/b21-11+. The molecule has 4 saturated carbocycles. The Kier molecular flexibility index (Phi) is 10.1. The molecule has 4 aliphatic rings. The van der Waals surface area contributed by atoms with Gasteiger partial charge in [0.25, 0.3) is 0 Å². The second-order valence-electron chi connectivity index (χ2n) is 12.8. The summed E-state index contributed by atoms with van der Waals surface area (Å²) in [5.41, 5.74) is 1.93. The van der Waals surface area contributed by atoms with Gasteiger partial charge in [0, 0.05) is 32.6 Å². The summed E-state index contributed by atoms with van der Waals surface area (Å²) in [6.45, 7) is 15.1. The van der Waals surface area contributed by atoms with Crippen LogP contribution < -0.4 is 5.32 Å². The van der Waals surface area contributed by atoms with Crippen molar-refractivity contribution in [3.05, 3.63) is 23.3 Å². The van der Waals surface area contributed by atoms with Gasteiger partial charge in [-0.2, -0.15) is 0 Å². The molecule has 1 atom stereocenters. The topological polar surface area (TPSA) is 67.9 Å². The molecule has 0 aliphatic heterocycles. The Hall–Kier alpha value is -1.82. The lowest BCUT2D eigenvalue weighted by molar-refractivity contribution is -0.175. The minimum atomic E-state index is -0.924. The number of carbonyl (C=O) groups excluding carboxylic acids is 2. The van der Waals surface area contributed by atoms with Gasteiger partial charge < -0.3 is 19.7 Å². The van der Waals surface area contributed by atoms with Gasteiger partial charge in [-0.3, -0.25) is 4.79 Å². The fraction of sp³-hybridized carbons (Fsp3) is 0.800. The van der Waals surface area contributed by atoms with E-state index in [0.29, 0.717) is 19.1 Å². The number of carbonyl (C=O) groups is 2. The van der Waals surface area contributed by atoms with Crippen LogP contribution in [0.1, 0.15) is 93.4 Å². The maximum atomic E-state index is 13.1. The molecule has 4 aliphatic carbocycles. The fourth-order valence-corrected chi connectivity index (χ4v) is 6.41. The summed E-state index contributed by atoms with van der Waals surface area (Å²) >= 11 is 0. The third kappa shape index (κ3) is 8.36. The molecule has 0 spiro atoms. The van der Waals surface area contributed by atoms with Gasteiger partial charge >= 0.3 is 12.1 Å². The van der Waals surface area contributed by atoms with E-state index in [0.717, 1.165) is 43.1 Å². The molecule has 36 heavy (non-hydrogen) atoms. The first-order valence-corrected chi connectivity index (χ1v) is 14.1. The van der Waals surface area contributed by atoms with Crippen molar-refractivity contribution in [1.82, 2.24) is 10.2 Å². The highest BCUT2D eigenvalue weighted by Gasteiger charge is 2.47. The van der Waals surface area contributed by atoms with Crippen LogP contribution in [-0.2, 0) is 14.3 Å². The van der Waals surface area contributed by atoms with Crippen LogP contribution in [0.3, 0.4) is 0 Å². The fourth-order valence-electron chi connectivity index (χ4n) is 6.41. The Balaban J connectivity index is 1.55. The largest absolute Gasteiger partial charge is 0.425 e. The highest BCUT2D eigenvalue weighted by atomic mass is 16.7. The van der Waals surface area contributed by atoms with Crippen LogP contribution in [0.4, 0.5) is 4.79 Å². The van der Waals surface area contributed by atoms with Gasteiger partial charge in [-0.25, -0.2) is 4.79 Å². The third-order valence-corrected chi connectivity index (χ3v) is 8.15. The Bertz CT molecular complexity index is 793. The Morgan fingerprint density at radius 1 is 0.972 bits per heavy atom. The summed E-state index contributed by atoms with van der Waals surface area (Å²) in [6.07, 6.45) is 11.9. The van der Waals surface area contributed by atoms with E-state index >= 15 is 0 Å². The molecular weight excluding hydrogens is 452 g/mol. The van der Waals surface area contributed by atoms with Gasteiger partial charge in [0.2, 0.25) is 6.29 Å². The van der Waals surface area contributed by atoms with Crippen molar-refractivity contribution in [3.63, 3.8) is 0 Å². The zero-order valence-electron chi connectivity index (χ0n) is 23.8. The summed E-state index contributed by atoms with van der Waals surface area (Å²) in [5, 5.41) is 3.83. The molecule has 0 aromatic heterocycles. The number of rotatable bonds is 11. The minimum Gasteiger partial charge on any atom is -0.425 e. The number of hydrogen-bond donors (Lipinski definition) is 1. The number of hydrogen-bond acceptors (Lipinski definition) is 5. The summed E-state index contributed by atoms with van der Waals surface area (Å²) in [5.74, 6) is 3.13. The minimum absolute atomic E-state index is 0.382. The second kappa shape index (κ2) is 12.6. The van der Waals surface area contributed by atoms with E-state index in [9.17, 15) is 9.59 Å². The Morgan fingerprint density at radius 2 is 1.58 bits per heavy atom. The molecule has 4 rings (SSSR count). The molecule has 0 saturated heterocycles. The number of esters is 1. The van der Waals surface area contributed by atoms with Crippen LogP contribution >= 0.6 is 0 Å². The number of ether oxygens (including phenoxy) is 2. The van der Waals surface area contributed by atoms with Crippen molar-refractivity contribution in [2.75, 3.05) is 19.6 Å². The zero-order chi connectivity index (χ0) is 26.5. The van der Waals surface area contributed by atoms with Gasteiger partial charge in [0.15, 0.2) is 0 Å². The Labute approximate surface area is 219 Å². The normalized spacial score (nSPS) is 28.0. The lowest BCUT2D eigenvalue weighted by Crippen LogP contribution is -2.55. The predicted octanol–water partition coefficient (Wildman–Crippen LogP) is 6.47. The molecule has 6 heteroatoms. The SMILES string of the molecule is CC(C)=CCC/C(C)=C/CN(CCNC1C2CC3CC(C2)CC1C3)C(=O)OC(C)OC(=O)C(C)(C)C. The van der Waals surface area contributed by atoms with Crippen molar-refractivity contribution in [2.24, 2.45) is 29.1 Å². The molecule has 4 fully saturated rings. The van der Waals surface area contributed by atoms with Gasteiger partial charge in [0.1, 0.15) is 0 Å². The van der Waals surface area contributed by atoms with Crippen molar-refractivity contribution in [2.45, 2.75) is 106 Å². The Morgan fingerprint density at radius 3 is 2.14 bits per heavy atom. The molecule has 0 heterocycles. The maximum Gasteiger partial charge on any atom is 0.413 e. The molecule has 204 valence electrons. The van der Waals surface area contributed by atoms with Gasteiger partial charge in [-0.1, -0.05) is 23.3 Å². The van der Waals surface area contributed by atoms with Gasteiger partial charge in [-0.05, 0) is 110 Å². The van der Waals surface area contributed by atoms with Crippen LogP contribution in [0.2, 0.25) is 0 Å². The molecular formula is C30H50N2O4. The molecule has 1 unspecified atom stereocenters. The first-order chi connectivity index (χ1) is 16.9. The molecule has 0 radical (unpaired) electrons. The quantitative estimate of drug-likeness (QED) is 0.199. The highest BCUT2D eigenvalue weighted by molar-refractivity contribution is 5.75. The van der Waals surface area contributed by atoms with Gasteiger partial charge in [-0.15, -0.1) is 0 Å². The second-order valence-corrected chi connectivity index (χ2v) is 12.8. The first-order valence-electron chi connectivity index (χ1n) is 14.1. The first kappa shape index (κ1) is 28.7. The molecule has 6 nitrogen and oxygen atoms in total. The average molecular weight is 503 g/mol. The van der Waals surface area contributed by atoms with Crippen molar-refractivity contribution >= 4 is 12.1 Å². The number of amides is 1. The molecule has 4 bridgehead atoms. The molecule has 1 N–H and O–H groups in total. The van der Waals surface area contributed by atoms with E-state index in [1.807, 2.05) is 0 Å². The van der Waals surface area contributed by atoms with Crippen molar-refractivity contribution < 1.29 is 19.1 Å². The summed E-state index contributed by atoms with van der Waals surface area (Å²) in [6, 6.07) is 0.587. The van der Waals surface area contributed by atoms with Crippen molar-refractivity contribution in [3.8, 4) is 0 Å². The summed E-state index contributed by atoms with van der Waals surface area (Å²) < 4.78 is 10.9. The zero-order valence-corrected chi connectivity index (χ0v) is 23.8. The monoisotopic (exact) mass is 502 g/mol. The molecule has 0 aromatic rings. The number of allylic oxidation sites excluding steroid dienone is 3. The highest BCUT2D eigenvalue weighted by Crippen LogP contribution is 2.53. The van der Waals surface area contributed by atoms with E-state index in [-0.39, 0.29) is 5.97 Å². The van der Waals surface area contributed by atoms with Crippen LogP contribution in [0, 0.1) is 29.1 Å². The van der Waals surface area contributed by atoms with Crippen LogP contribution in [0.5, 0.6) is 0 Å². The smallest absolute Gasteiger partial charge is 0.413 e. The third-order valence-electron chi connectivity index (χ3n) is 8.15. The van der Waals surface area contributed by atoms with Crippen LogP contribution in [0.15, 0.2) is 23.3 Å². The predicted molar refractivity (Wildman–Crippen MR) is 144 cm³/mol. The maximum absolute atomic E-state index is 13.1. The summed E-state index contributed by atoms with van der Waals surface area (Å²) in [4.78, 5) is 27.0. The lowest BCUT2D eigenvalue weighted by atomic mass is 9.54. The number of nitrogens with zero attached hydrogens (tertiary/aromatic N) is 1. The van der Waals surface area contributed by atoms with E-state index < -0.39 is 17.8 Å². The van der Waals surface area contributed by atoms with Crippen molar-refractivity contribution in [1.29, 1.82) is 0 Å². The number of nitrogens with one attached hydrogen (secondary N) is 1. The molecule has 1 amide bonds. The van der Waals surface area contributed by atoms with E-state index in [1.165, 1.54) is 43.3 Å². The van der Waals surface area contributed by atoms with E-state index in [4.69, 9.17) is 9.47 Å². The van der Waals surface area contributed by atoms with E-state index in [2.05, 4.69) is 38.2 Å². The van der Waals surface area contributed by atoms with Crippen LogP contribution in [-0.4, -0.2) is 48.9 Å². The lowest BCUT2D eigenvalue weighted by Gasteiger charge is -2.54. The summed E-state index contributed by atoms with van der Waals surface area (Å²) in [7, 11) is 0. The van der Waals surface area contributed by atoms with E-state index in [1.54, 1.807) is 32.6 Å². The average Bonchev–Trinajstić information content (AvgIpc) is 2.76. The van der Waals surface area contributed by atoms with Gasteiger partial charge in [0.05, 0.1) is 5.41 Å². The molecule has 0 aromatic carbocycles.